The van der Waals surface area contributed by atoms with E-state index in [2.05, 4.69) is 10.2 Å². The van der Waals surface area contributed by atoms with Crippen LogP contribution in [0.25, 0.3) is 11.7 Å². The van der Waals surface area contributed by atoms with E-state index in [9.17, 15) is 10.1 Å². The smallest absolute Gasteiger partial charge is 0.284 e. The van der Waals surface area contributed by atoms with Gasteiger partial charge in [-0.25, -0.2) is 0 Å². The van der Waals surface area contributed by atoms with E-state index in [4.69, 9.17) is 13.6 Å². The van der Waals surface area contributed by atoms with E-state index < -0.39 is 4.92 Å². The molecule has 0 amide bonds. The van der Waals surface area contributed by atoms with Crippen LogP contribution in [0.15, 0.2) is 50.7 Å². The van der Waals surface area contributed by atoms with Crippen LogP contribution in [0.2, 0.25) is 0 Å². The molecule has 1 aromatic carbocycles. The normalized spacial score (nSPS) is 10.7. The molecule has 9 heteroatoms. The average molecular weight is 333 g/mol. The number of furan rings is 1. The van der Waals surface area contributed by atoms with Crippen molar-refractivity contribution in [3.8, 4) is 17.4 Å². The highest BCUT2D eigenvalue weighted by Gasteiger charge is 2.15. The van der Waals surface area contributed by atoms with Gasteiger partial charge in [0.15, 0.2) is 5.76 Å². The van der Waals surface area contributed by atoms with Gasteiger partial charge in [-0.05, 0) is 18.2 Å². The van der Waals surface area contributed by atoms with Crippen LogP contribution in [0.1, 0.15) is 5.56 Å². The number of nitro groups is 1. The number of hydrogen-bond donors (Lipinski definition) is 0. The lowest BCUT2D eigenvalue weighted by atomic mass is 10.2. The molecule has 3 aromatic rings. The summed E-state index contributed by atoms with van der Waals surface area (Å²) in [4.78, 5) is 10.4. The Morgan fingerprint density at radius 2 is 2.22 bits per heavy atom. The van der Waals surface area contributed by atoms with Crippen LogP contribution in [0, 0.1) is 10.1 Å². The van der Waals surface area contributed by atoms with E-state index in [1.807, 2.05) is 0 Å². The van der Waals surface area contributed by atoms with Gasteiger partial charge in [0.05, 0.1) is 18.3 Å². The summed E-state index contributed by atoms with van der Waals surface area (Å²) in [7, 11) is 1.51. The lowest BCUT2D eigenvalue weighted by Gasteiger charge is -2.06. The summed E-state index contributed by atoms with van der Waals surface area (Å²) in [5.41, 5.74) is 0.674. The molecule has 0 atom stereocenters. The third-order valence-electron chi connectivity index (χ3n) is 2.96. The van der Waals surface area contributed by atoms with Crippen molar-refractivity contribution in [2.75, 3.05) is 7.11 Å². The molecule has 0 saturated carbocycles. The Hall–Kier alpha value is -2.81. The quantitative estimate of drug-likeness (QED) is 0.383. The van der Waals surface area contributed by atoms with E-state index in [-0.39, 0.29) is 11.6 Å². The fourth-order valence-corrected chi connectivity index (χ4v) is 2.64. The van der Waals surface area contributed by atoms with Crippen LogP contribution in [0.3, 0.4) is 0 Å². The number of nitrogens with zero attached hydrogens (tertiary/aromatic N) is 3. The molecule has 2 aromatic heterocycles. The zero-order valence-corrected chi connectivity index (χ0v) is 12.8. The number of ether oxygens (including phenoxy) is 1. The molecule has 23 heavy (non-hydrogen) atoms. The molecule has 2 heterocycles. The molecule has 0 spiro atoms. The second-order valence-electron chi connectivity index (χ2n) is 4.39. The summed E-state index contributed by atoms with van der Waals surface area (Å²) in [6, 6.07) is 7.87. The Morgan fingerprint density at radius 3 is 2.91 bits per heavy atom. The molecule has 0 aliphatic carbocycles. The van der Waals surface area contributed by atoms with Gasteiger partial charge in [0.25, 0.3) is 16.8 Å². The minimum Gasteiger partial charge on any atom is -0.496 e. The van der Waals surface area contributed by atoms with Crippen molar-refractivity contribution in [2.24, 2.45) is 0 Å². The molecule has 0 aliphatic heterocycles. The van der Waals surface area contributed by atoms with E-state index in [0.29, 0.717) is 28.0 Å². The first-order chi connectivity index (χ1) is 11.2. The van der Waals surface area contributed by atoms with Gasteiger partial charge in [0, 0.05) is 23.4 Å². The zero-order valence-electron chi connectivity index (χ0n) is 12.0. The summed E-state index contributed by atoms with van der Waals surface area (Å²) in [6.45, 7) is 0. The maximum atomic E-state index is 10.9. The molecule has 0 saturated heterocycles. The number of thioether (sulfide) groups is 1. The minimum absolute atomic E-state index is 0.00297. The highest BCUT2D eigenvalue weighted by molar-refractivity contribution is 7.98. The van der Waals surface area contributed by atoms with Gasteiger partial charge in [-0.15, -0.1) is 10.2 Å². The lowest BCUT2D eigenvalue weighted by Crippen LogP contribution is -1.94. The molecule has 0 unspecified atom stereocenters. The molecule has 0 N–H and O–H groups in total. The molecule has 0 aliphatic rings. The monoisotopic (exact) mass is 333 g/mol. The van der Waals surface area contributed by atoms with E-state index in [1.165, 1.54) is 37.3 Å². The topological polar surface area (TPSA) is 104 Å². The second kappa shape index (κ2) is 6.53. The second-order valence-corrected chi connectivity index (χ2v) is 5.32. The Balaban J connectivity index is 1.75. The summed E-state index contributed by atoms with van der Waals surface area (Å²) < 4.78 is 15.9. The van der Waals surface area contributed by atoms with Crippen LogP contribution in [0.5, 0.6) is 5.75 Å². The van der Waals surface area contributed by atoms with Crippen molar-refractivity contribution >= 4 is 17.4 Å². The maximum Gasteiger partial charge on any atom is 0.284 e. The standard InChI is InChI=1S/C14H11N3O5S/c1-20-11-5-4-10(17(18)19)7-9(11)8-23-14-16-15-13(22-14)12-3-2-6-21-12/h2-7H,8H2,1H3. The van der Waals surface area contributed by atoms with E-state index >= 15 is 0 Å². The number of aromatic nitrogens is 2. The Morgan fingerprint density at radius 1 is 1.35 bits per heavy atom. The van der Waals surface area contributed by atoms with Crippen LogP contribution >= 0.6 is 11.8 Å². The molecule has 0 bridgehead atoms. The fourth-order valence-electron chi connectivity index (χ4n) is 1.90. The predicted octanol–water partition coefficient (Wildman–Crippen LogP) is 3.54. The lowest BCUT2D eigenvalue weighted by molar-refractivity contribution is -0.384. The van der Waals surface area contributed by atoms with Crippen LogP contribution < -0.4 is 4.74 Å². The number of benzene rings is 1. The largest absolute Gasteiger partial charge is 0.496 e. The Bertz CT molecular complexity index is 816. The number of methoxy groups -OCH3 is 1. The van der Waals surface area contributed by atoms with Gasteiger partial charge < -0.3 is 13.6 Å². The average Bonchev–Trinajstić information content (AvgIpc) is 3.23. The molecular formula is C14H11N3O5S. The predicted molar refractivity (Wildman–Crippen MR) is 81.2 cm³/mol. The van der Waals surface area contributed by atoms with Gasteiger partial charge in [0.2, 0.25) is 0 Å². The molecular weight excluding hydrogens is 322 g/mol. The van der Waals surface area contributed by atoms with Crippen LogP contribution in [-0.2, 0) is 5.75 Å². The number of nitro benzene ring substituents is 1. The van der Waals surface area contributed by atoms with Crippen molar-refractivity contribution in [1.29, 1.82) is 0 Å². The third kappa shape index (κ3) is 3.34. The van der Waals surface area contributed by atoms with Crippen LogP contribution in [-0.4, -0.2) is 22.2 Å². The number of non-ortho nitro benzene ring substituents is 1. The first-order valence-corrected chi connectivity index (χ1v) is 7.47. The fraction of sp³-hybridized carbons (Fsp3) is 0.143. The first kappa shape index (κ1) is 15.1. The van der Waals surface area contributed by atoms with Crippen molar-refractivity contribution < 1.29 is 18.5 Å². The summed E-state index contributed by atoms with van der Waals surface area (Å²) in [5.74, 6) is 1.72. The first-order valence-electron chi connectivity index (χ1n) is 6.49. The summed E-state index contributed by atoms with van der Waals surface area (Å²) >= 11 is 1.26. The third-order valence-corrected chi connectivity index (χ3v) is 3.83. The van der Waals surface area contributed by atoms with Gasteiger partial charge in [-0.3, -0.25) is 10.1 Å². The minimum atomic E-state index is -0.449. The zero-order chi connectivity index (χ0) is 16.2. The van der Waals surface area contributed by atoms with Crippen molar-refractivity contribution in [2.45, 2.75) is 11.0 Å². The Kier molecular flexibility index (Phi) is 4.29. The van der Waals surface area contributed by atoms with E-state index in [0.717, 1.165) is 0 Å². The molecule has 8 nitrogen and oxygen atoms in total. The number of hydrogen-bond acceptors (Lipinski definition) is 8. The molecule has 118 valence electrons. The summed E-state index contributed by atoms with van der Waals surface area (Å²) in [6.07, 6.45) is 1.51. The van der Waals surface area contributed by atoms with Gasteiger partial charge >= 0.3 is 0 Å². The number of rotatable bonds is 6. The van der Waals surface area contributed by atoms with Gasteiger partial charge in [-0.1, -0.05) is 11.8 Å². The molecule has 0 fully saturated rings. The molecule has 0 radical (unpaired) electrons. The molecule has 3 rings (SSSR count). The maximum absolute atomic E-state index is 10.9. The Labute approximate surface area is 134 Å². The van der Waals surface area contributed by atoms with E-state index in [1.54, 1.807) is 18.2 Å². The SMILES string of the molecule is COc1ccc([N+](=O)[O-])cc1CSc1nnc(-c2ccco2)o1. The highest BCUT2D eigenvalue weighted by atomic mass is 32.2. The van der Waals surface area contributed by atoms with Crippen molar-refractivity contribution in [1.82, 2.24) is 10.2 Å². The summed E-state index contributed by atoms with van der Waals surface area (Å²) in [5, 5.41) is 19.0. The van der Waals surface area contributed by atoms with Crippen molar-refractivity contribution in [3.63, 3.8) is 0 Å². The highest BCUT2D eigenvalue weighted by Crippen LogP contribution is 2.31. The van der Waals surface area contributed by atoms with Gasteiger partial charge in [-0.2, -0.15) is 0 Å². The van der Waals surface area contributed by atoms with Crippen molar-refractivity contribution in [3.05, 3.63) is 52.3 Å². The van der Waals surface area contributed by atoms with Crippen LogP contribution in [0.4, 0.5) is 5.69 Å². The van der Waals surface area contributed by atoms with Gasteiger partial charge in [0.1, 0.15) is 5.75 Å².